The van der Waals surface area contributed by atoms with Gasteiger partial charge in [-0.15, -0.1) is 0 Å². The molecule has 0 atom stereocenters. The highest BCUT2D eigenvalue weighted by Gasteiger charge is 2.15. The van der Waals surface area contributed by atoms with E-state index in [1.165, 1.54) is 18.2 Å². The number of para-hydroxylation sites is 2. The Labute approximate surface area is 193 Å². The molecule has 2 amide bonds. The van der Waals surface area contributed by atoms with Gasteiger partial charge in [0.2, 0.25) is 12.7 Å². The van der Waals surface area contributed by atoms with Crippen molar-refractivity contribution in [3.8, 4) is 17.2 Å². The van der Waals surface area contributed by atoms with Gasteiger partial charge in [0.25, 0.3) is 5.91 Å². The van der Waals surface area contributed by atoms with E-state index in [0.29, 0.717) is 22.7 Å². The van der Waals surface area contributed by atoms with Gasteiger partial charge in [0.05, 0.1) is 11.3 Å². The van der Waals surface area contributed by atoms with Crippen molar-refractivity contribution < 1.29 is 32.6 Å². The van der Waals surface area contributed by atoms with Crippen LogP contribution in [-0.4, -0.2) is 25.2 Å². The van der Waals surface area contributed by atoms with Gasteiger partial charge in [-0.25, -0.2) is 0 Å². The normalized spacial score (nSPS) is 12.1. The number of carbonyl (C=O) groups is 2. The average molecular weight is 466 g/mol. The summed E-state index contributed by atoms with van der Waals surface area (Å²) in [5.41, 5.74) is 1.71. The Hall–Kier alpha value is -4.40. The Morgan fingerprint density at radius 1 is 1.00 bits per heavy atom. The Kier molecular flexibility index (Phi) is 7.02. The standard InChI is InChI=1S/C25H20F2N2O5/c26-25(27)34-20-8-4-1-5-17(20)10-12-23(30)29-19-7-3-2-6-18(19)24(31)28-14-16-9-11-21-22(13-16)33-15-32-21/h1-13,25H,14-15H2,(H,28,31)(H,29,30)/b12-10+. The van der Waals surface area contributed by atoms with Crippen molar-refractivity contribution in [3.63, 3.8) is 0 Å². The molecule has 0 fully saturated rings. The number of halogens is 2. The average Bonchev–Trinajstić information content (AvgIpc) is 3.30. The van der Waals surface area contributed by atoms with E-state index in [2.05, 4.69) is 15.4 Å². The molecule has 0 aliphatic carbocycles. The summed E-state index contributed by atoms with van der Waals surface area (Å²) in [6.45, 7) is -2.57. The number of rotatable bonds is 8. The molecule has 3 aromatic rings. The molecule has 2 N–H and O–H groups in total. The van der Waals surface area contributed by atoms with E-state index in [4.69, 9.17) is 9.47 Å². The Bertz CT molecular complexity index is 1230. The third-order valence-corrected chi connectivity index (χ3v) is 4.87. The van der Waals surface area contributed by atoms with Crippen molar-refractivity contribution in [2.75, 3.05) is 12.1 Å². The van der Waals surface area contributed by atoms with Gasteiger partial charge in [-0.05, 0) is 42.0 Å². The summed E-state index contributed by atoms with van der Waals surface area (Å²) >= 11 is 0. The van der Waals surface area contributed by atoms with Crippen LogP contribution in [0, 0.1) is 0 Å². The molecule has 1 heterocycles. The highest BCUT2D eigenvalue weighted by molar-refractivity contribution is 6.07. The van der Waals surface area contributed by atoms with Crippen molar-refractivity contribution in [2.24, 2.45) is 0 Å². The number of hydrogen-bond acceptors (Lipinski definition) is 5. The third kappa shape index (κ3) is 5.69. The van der Waals surface area contributed by atoms with E-state index in [1.54, 1.807) is 54.6 Å². The second kappa shape index (κ2) is 10.5. The number of nitrogens with one attached hydrogen (secondary N) is 2. The van der Waals surface area contributed by atoms with Crippen LogP contribution in [0.2, 0.25) is 0 Å². The number of ether oxygens (including phenoxy) is 3. The molecule has 4 rings (SSSR count). The summed E-state index contributed by atoms with van der Waals surface area (Å²) < 4.78 is 40.2. The van der Waals surface area contributed by atoms with E-state index in [0.717, 1.165) is 5.56 Å². The van der Waals surface area contributed by atoms with E-state index in [-0.39, 0.29) is 30.6 Å². The predicted molar refractivity (Wildman–Crippen MR) is 121 cm³/mol. The Balaban J connectivity index is 1.40. The maximum atomic E-state index is 12.8. The van der Waals surface area contributed by atoms with Gasteiger partial charge in [-0.3, -0.25) is 9.59 Å². The number of hydrogen-bond donors (Lipinski definition) is 2. The van der Waals surface area contributed by atoms with E-state index < -0.39 is 12.5 Å². The van der Waals surface area contributed by atoms with E-state index in [1.807, 2.05) is 6.07 Å². The van der Waals surface area contributed by atoms with Gasteiger partial charge in [0.1, 0.15) is 5.75 Å². The molecule has 0 aromatic heterocycles. The van der Waals surface area contributed by atoms with E-state index in [9.17, 15) is 18.4 Å². The fraction of sp³-hybridized carbons (Fsp3) is 0.120. The molecule has 1 aliphatic heterocycles. The highest BCUT2D eigenvalue weighted by Crippen LogP contribution is 2.32. The van der Waals surface area contributed by atoms with Crippen LogP contribution in [0.1, 0.15) is 21.5 Å². The van der Waals surface area contributed by atoms with Gasteiger partial charge < -0.3 is 24.8 Å². The largest absolute Gasteiger partial charge is 0.454 e. The van der Waals surface area contributed by atoms with Crippen molar-refractivity contribution in [1.29, 1.82) is 0 Å². The fourth-order valence-electron chi connectivity index (χ4n) is 3.28. The third-order valence-electron chi connectivity index (χ3n) is 4.87. The first-order valence-corrected chi connectivity index (χ1v) is 10.3. The van der Waals surface area contributed by atoms with Crippen molar-refractivity contribution in [1.82, 2.24) is 5.32 Å². The maximum Gasteiger partial charge on any atom is 0.387 e. The molecule has 0 radical (unpaired) electrons. The summed E-state index contributed by atoms with van der Waals surface area (Å²) in [6, 6.07) is 18.0. The summed E-state index contributed by atoms with van der Waals surface area (Å²) in [5.74, 6) is 0.298. The first kappa shape index (κ1) is 22.8. The van der Waals surface area contributed by atoms with Crippen LogP contribution in [0.5, 0.6) is 17.2 Å². The smallest absolute Gasteiger partial charge is 0.387 e. The van der Waals surface area contributed by atoms with Crippen LogP contribution in [0.3, 0.4) is 0 Å². The molecule has 9 heteroatoms. The topological polar surface area (TPSA) is 85.9 Å². The first-order valence-electron chi connectivity index (χ1n) is 10.3. The lowest BCUT2D eigenvalue weighted by atomic mass is 10.1. The summed E-state index contributed by atoms with van der Waals surface area (Å²) in [5, 5.41) is 5.45. The molecular weight excluding hydrogens is 446 g/mol. The Morgan fingerprint density at radius 2 is 1.76 bits per heavy atom. The van der Waals surface area contributed by atoms with Gasteiger partial charge in [0, 0.05) is 18.2 Å². The molecule has 0 saturated heterocycles. The molecule has 34 heavy (non-hydrogen) atoms. The quantitative estimate of drug-likeness (QED) is 0.474. The Morgan fingerprint density at radius 3 is 2.62 bits per heavy atom. The number of amides is 2. The van der Waals surface area contributed by atoms with Crippen molar-refractivity contribution >= 4 is 23.6 Å². The molecule has 0 unspecified atom stereocenters. The molecule has 0 bridgehead atoms. The lowest BCUT2D eigenvalue weighted by Crippen LogP contribution is -2.24. The second-order valence-electron chi connectivity index (χ2n) is 7.15. The van der Waals surface area contributed by atoms with Crippen LogP contribution < -0.4 is 24.8 Å². The minimum Gasteiger partial charge on any atom is -0.454 e. The molecule has 3 aromatic carbocycles. The molecule has 174 valence electrons. The zero-order valence-corrected chi connectivity index (χ0v) is 17.8. The second-order valence-corrected chi connectivity index (χ2v) is 7.15. The first-order chi connectivity index (χ1) is 16.5. The van der Waals surface area contributed by atoms with Crippen LogP contribution in [-0.2, 0) is 11.3 Å². The van der Waals surface area contributed by atoms with Crippen LogP contribution in [0.4, 0.5) is 14.5 Å². The number of alkyl halides is 2. The number of fused-ring (bicyclic) bond motifs is 1. The minimum atomic E-state index is -2.98. The molecular formula is C25H20F2N2O5. The zero-order valence-electron chi connectivity index (χ0n) is 17.8. The van der Waals surface area contributed by atoms with Gasteiger partial charge in [-0.2, -0.15) is 8.78 Å². The van der Waals surface area contributed by atoms with E-state index >= 15 is 0 Å². The predicted octanol–water partition coefficient (Wildman–Crippen LogP) is 4.60. The summed E-state index contributed by atoms with van der Waals surface area (Å²) in [7, 11) is 0. The number of benzene rings is 3. The summed E-state index contributed by atoms with van der Waals surface area (Å²) in [4.78, 5) is 25.2. The lowest BCUT2D eigenvalue weighted by Gasteiger charge is -2.11. The van der Waals surface area contributed by atoms with Crippen LogP contribution in [0.25, 0.3) is 6.08 Å². The van der Waals surface area contributed by atoms with Crippen molar-refractivity contribution in [2.45, 2.75) is 13.2 Å². The maximum absolute atomic E-state index is 12.8. The van der Waals surface area contributed by atoms with Gasteiger partial charge in [0.15, 0.2) is 11.5 Å². The van der Waals surface area contributed by atoms with Crippen LogP contribution in [0.15, 0.2) is 72.8 Å². The van der Waals surface area contributed by atoms with Crippen LogP contribution >= 0.6 is 0 Å². The lowest BCUT2D eigenvalue weighted by molar-refractivity contribution is -0.111. The van der Waals surface area contributed by atoms with Crippen molar-refractivity contribution in [3.05, 3.63) is 89.5 Å². The number of anilines is 1. The minimum absolute atomic E-state index is 0.0511. The SMILES string of the molecule is O=C(/C=C/c1ccccc1OC(F)F)Nc1ccccc1C(=O)NCc1ccc2c(c1)OCO2. The zero-order chi connectivity index (χ0) is 23.9. The summed E-state index contributed by atoms with van der Waals surface area (Å²) in [6.07, 6.45) is 2.53. The highest BCUT2D eigenvalue weighted by atomic mass is 19.3. The monoisotopic (exact) mass is 466 g/mol. The fourth-order valence-corrected chi connectivity index (χ4v) is 3.28. The van der Waals surface area contributed by atoms with Gasteiger partial charge >= 0.3 is 6.61 Å². The number of carbonyl (C=O) groups excluding carboxylic acids is 2. The molecule has 0 spiro atoms. The molecule has 1 aliphatic rings. The molecule has 7 nitrogen and oxygen atoms in total. The molecule has 0 saturated carbocycles. The van der Waals surface area contributed by atoms with Gasteiger partial charge in [-0.1, -0.05) is 36.4 Å².